The lowest BCUT2D eigenvalue weighted by Gasteiger charge is -2.18. The Morgan fingerprint density at radius 1 is 0.946 bits per heavy atom. The predicted molar refractivity (Wildman–Crippen MR) is 148 cm³/mol. The first kappa shape index (κ1) is 23.1. The number of hydrogen-bond acceptors (Lipinski definition) is 4. The molecule has 5 aromatic rings. The molecule has 1 unspecified atom stereocenters. The second kappa shape index (κ2) is 9.62. The zero-order valence-corrected chi connectivity index (χ0v) is 20.8. The Kier molecular flexibility index (Phi) is 6.01. The summed E-state index contributed by atoms with van der Waals surface area (Å²) in [6.07, 6.45) is 2.67. The summed E-state index contributed by atoms with van der Waals surface area (Å²) < 4.78 is 1.95. The largest absolute Gasteiger partial charge is 0.326 e. The smallest absolute Gasteiger partial charge is 0.187 e. The summed E-state index contributed by atoms with van der Waals surface area (Å²) in [6, 6.07) is 27.4. The number of nitrogens with zero attached hydrogens (tertiary/aromatic N) is 5. The van der Waals surface area contributed by atoms with E-state index in [0.717, 1.165) is 65.2 Å². The molecule has 0 spiro atoms. The molecule has 1 saturated heterocycles. The number of aromatic nitrogens is 3. The summed E-state index contributed by atoms with van der Waals surface area (Å²) in [6.45, 7) is 12.3. The van der Waals surface area contributed by atoms with Gasteiger partial charge in [0.15, 0.2) is 11.3 Å². The maximum atomic E-state index is 7.35. The summed E-state index contributed by atoms with van der Waals surface area (Å²) in [7, 11) is 0. The molecule has 0 saturated carbocycles. The van der Waals surface area contributed by atoms with Gasteiger partial charge in [-0.3, -0.25) is 4.90 Å². The van der Waals surface area contributed by atoms with E-state index in [1.807, 2.05) is 28.8 Å². The first-order valence-corrected chi connectivity index (χ1v) is 12.6. The Morgan fingerprint density at radius 3 is 2.46 bits per heavy atom. The van der Waals surface area contributed by atoms with Crippen LogP contribution in [0.15, 0.2) is 85.2 Å². The fraction of sp³-hybridized carbons (Fsp3) is 0.194. The van der Waals surface area contributed by atoms with E-state index in [4.69, 9.17) is 12.3 Å². The standard InChI is InChI=1S/C31H28N6/c1-21-6-8-24(9-7-21)30-28(23-10-12-27(33-2)13-11-23)17-29(31-34-20-35-37(30)31)25-5-3-4-22(16-25)18-36-15-14-26(32)19-36/h3-13,16-17,20,26H,14-15,18-19,32H2,1H3. The topological polar surface area (TPSA) is 63.8 Å². The molecule has 6 rings (SSSR count). The Morgan fingerprint density at radius 2 is 1.73 bits per heavy atom. The van der Waals surface area contributed by atoms with Crippen LogP contribution < -0.4 is 5.73 Å². The second-order valence-corrected chi connectivity index (χ2v) is 9.82. The summed E-state index contributed by atoms with van der Waals surface area (Å²) in [4.78, 5) is 10.7. The van der Waals surface area contributed by atoms with E-state index in [2.05, 4.69) is 81.3 Å². The Labute approximate surface area is 216 Å². The van der Waals surface area contributed by atoms with Gasteiger partial charge in [0, 0.05) is 42.4 Å². The van der Waals surface area contributed by atoms with Gasteiger partial charge in [-0.2, -0.15) is 5.10 Å². The van der Waals surface area contributed by atoms with Gasteiger partial charge in [0.1, 0.15) is 6.33 Å². The summed E-state index contributed by atoms with van der Waals surface area (Å²) in [5.41, 5.74) is 16.3. The molecule has 1 atom stereocenters. The first-order valence-electron chi connectivity index (χ1n) is 12.6. The number of pyridine rings is 1. The Balaban J connectivity index is 1.53. The van der Waals surface area contributed by atoms with E-state index in [0.29, 0.717) is 5.69 Å². The van der Waals surface area contributed by atoms with Crippen LogP contribution >= 0.6 is 0 Å². The van der Waals surface area contributed by atoms with Crippen LogP contribution in [0.5, 0.6) is 0 Å². The van der Waals surface area contributed by atoms with Gasteiger partial charge in [0.05, 0.1) is 12.3 Å². The van der Waals surface area contributed by atoms with Crippen LogP contribution in [-0.2, 0) is 6.54 Å². The van der Waals surface area contributed by atoms with Crippen LogP contribution in [0.4, 0.5) is 5.69 Å². The number of benzene rings is 3. The van der Waals surface area contributed by atoms with Crippen LogP contribution in [0.3, 0.4) is 0 Å². The van der Waals surface area contributed by atoms with Gasteiger partial charge in [-0.25, -0.2) is 14.3 Å². The van der Waals surface area contributed by atoms with Crippen LogP contribution in [-0.4, -0.2) is 38.6 Å². The molecule has 0 radical (unpaired) electrons. The summed E-state index contributed by atoms with van der Waals surface area (Å²) >= 11 is 0. The molecule has 6 nitrogen and oxygen atoms in total. The van der Waals surface area contributed by atoms with Crippen molar-refractivity contribution in [3.63, 3.8) is 0 Å². The number of hydrogen-bond donors (Lipinski definition) is 1. The fourth-order valence-electron chi connectivity index (χ4n) is 5.22. The highest BCUT2D eigenvalue weighted by Crippen LogP contribution is 2.38. The van der Waals surface area contributed by atoms with Crippen LogP contribution in [0.2, 0.25) is 0 Å². The van der Waals surface area contributed by atoms with Gasteiger partial charge < -0.3 is 5.73 Å². The number of aryl methyl sites for hydroxylation is 1. The quantitative estimate of drug-likeness (QED) is 0.305. The Bertz CT molecular complexity index is 1610. The molecule has 1 fully saturated rings. The molecular weight excluding hydrogens is 456 g/mol. The minimum Gasteiger partial charge on any atom is -0.326 e. The van der Waals surface area contributed by atoms with E-state index < -0.39 is 0 Å². The molecule has 2 aromatic heterocycles. The third-order valence-electron chi connectivity index (χ3n) is 7.13. The van der Waals surface area contributed by atoms with Crippen LogP contribution in [0.25, 0.3) is 44.0 Å². The van der Waals surface area contributed by atoms with Crippen molar-refractivity contribution in [1.29, 1.82) is 0 Å². The molecule has 6 heteroatoms. The lowest BCUT2D eigenvalue weighted by molar-refractivity contribution is 0.327. The van der Waals surface area contributed by atoms with E-state index in [1.54, 1.807) is 6.33 Å². The van der Waals surface area contributed by atoms with E-state index in [-0.39, 0.29) is 6.04 Å². The van der Waals surface area contributed by atoms with Gasteiger partial charge >= 0.3 is 0 Å². The van der Waals surface area contributed by atoms with Crippen molar-refractivity contribution >= 4 is 11.3 Å². The minimum atomic E-state index is 0.268. The summed E-state index contributed by atoms with van der Waals surface area (Å²) in [5.74, 6) is 0. The van der Waals surface area contributed by atoms with Gasteiger partial charge in [0.2, 0.25) is 0 Å². The molecule has 2 N–H and O–H groups in total. The number of rotatable bonds is 5. The van der Waals surface area contributed by atoms with Gasteiger partial charge in [-0.05, 0) is 42.2 Å². The highest BCUT2D eigenvalue weighted by atomic mass is 15.3. The maximum absolute atomic E-state index is 7.35. The van der Waals surface area contributed by atoms with Gasteiger partial charge in [-0.1, -0.05) is 72.3 Å². The fourth-order valence-corrected chi connectivity index (χ4v) is 5.22. The number of fused-ring (bicyclic) bond motifs is 1. The van der Waals surface area contributed by atoms with Crippen molar-refractivity contribution in [2.75, 3.05) is 13.1 Å². The SMILES string of the molecule is [C-]#[N+]c1ccc(-c2cc(-c3cccc(CN4CCC(N)C4)c3)c3ncnn3c2-c2ccc(C)cc2)cc1. The molecule has 0 aliphatic carbocycles. The average Bonchev–Trinajstić information content (AvgIpc) is 3.58. The molecule has 37 heavy (non-hydrogen) atoms. The average molecular weight is 485 g/mol. The van der Waals surface area contributed by atoms with Gasteiger partial charge in [-0.15, -0.1) is 0 Å². The molecule has 1 aliphatic heterocycles. The normalized spacial score (nSPS) is 15.8. The monoisotopic (exact) mass is 484 g/mol. The zero-order valence-electron chi connectivity index (χ0n) is 20.8. The van der Waals surface area contributed by atoms with Crippen molar-refractivity contribution in [3.05, 3.63) is 108 Å². The molecule has 0 bridgehead atoms. The molecule has 1 aliphatic rings. The predicted octanol–water partition coefficient (Wildman–Crippen LogP) is 6.12. The van der Waals surface area contributed by atoms with E-state index in [1.165, 1.54) is 11.1 Å². The third-order valence-corrected chi connectivity index (χ3v) is 7.13. The second-order valence-electron chi connectivity index (χ2n) is 9.82. The van der Waals surface area contributed by atoms with Crippen molar-refractivity contribution in [3.8, 4) is 33.5 Å². The van der Waals surface area contributed by atoms with E-state index in [9.17, 15) is 0 Å². The van der Waals surface area contributed by atoms with Crippen molar-refractivity contribution in [2.24, 2.45) is 5.73 Å². The van der Waals surface area contributed by atoms with Crippen LogP contribution in [0, 0.1) is 13.5 Å². The molecular formula is C31H28N6. The van der Waals surface area contributed by atoms with Crippen molar-refractivity contribution in [1.82, 2.24) is 19.5 Å². The third kappa shape index (κ3) is 4.51. The zero-order chi connectivity index (χ0) is 25.4. The number of nitrogens with two attached hydrogens (primary N) is 1. The van der Waals surface area contributed by atoms with E-state index >= 15 is 0 Å². The minimum absolute atomic E-state index is 0.268. The van der Waals surface area contributed by atoms with Crippen molar-refractivity contribution in [2.45, 2.75) is 25.9 Å². The lowest BCUT2D eigenvalue weighted by Crippen LogP contribution is -2.26. The van der Waals surface area contributed by atoms with Crippen LogP contribution in [0.1, 0.15) is 17.5 Å². The highest BCUT2D eigenvalue weighted by Gasteiger charge is 2.21. The number of likely N-dealkylation sites (tertiary alicyclic amines) is 1. The Hall–Kier alpha value is -4.31. The molecule has 0 amide bonds. The lowest BCUT2D eigenvalue weighted by atomic mass is 9.94. The molecule has 3 aromatic carbocycles. The van der Waals surface area contributed by atoms with Gasteiger partial charge in [0.25, 0.3) is 0 Å². The maximum Gasteiger partial charge on any atom is 0.187 e. The van der Waals surface area contributed by atoms with Crippen molar-refractivity contribution < 1.29 is 0 Å². The molecule has 3 heterocycles. The summed E-state index contributed by atoms with van der Waals surface area (Å²) in [5, 5.41) is 4.67. The molecule has 182 valence electrons. The first-order chi connectivity index (χ1) is 18.1. The highest BCUT2D eigenvalue weighted by molar-refractivity contribution is 5.90.